The summed E-state index contributed by atoms with van der Waals surface area (Å²) in [7, 11) is -1.94. The molecular weight excluding hydrogens is 254 g/mol. The van der Waals surface area contributed by atoms with Crippen LogP contribution in [0.2, 0.25) is 0 Å². The summed E-state index contributed by atoms with van der Waals surface area (Å²) in [5, 5.41) is 3.12. The van der Waals surface area contributed by atoms with Gasteiger partial charge in [-0.2, -0.15) is 0 Å². The minimum absolute atomic E-state index is 0.248. The summed E-state index contributed by atoms with van der Waals surface area (Å²) < 4.78 is 31.4. The van der Waals surface area contributed by atoms with E-state index in [1.54, 1.807) is 13.0 Å². The van der Waals surface area contributed by atoms with Crippen molar-refractivity contribution in [3.8, 4) is 0 Å². The number of hydrogen-bond acceptors (Lipinski definition) is 4. The molecule has 0 spiro atoms. The summed E-state index contributed by atoms with van der Waals surface area (Å²) >= 11 is 0. The van der Waals surface area contributed by atoms with Crippen LogP contribution in [0.5, 0.6) is 0 Å². The van der Waals surface area contributed by atoms with Crippen LogP contribution >= 0.6 is 0 Å². The number of aromatic amines is 1. The zero-order valence-electron chi connectivity index (χ0n) is 11.0. The van der Waals surface area contributed by atoms with E-state index in [0.29, 0.717) is 13.2 Å². The van der Waals surface area contributed by atoms with Crippen LogP contribution in [0.3, 0.4) is 0 Å². The number of methoxy groups -OCH3 is 1. The minimum Gasteiger partial charge on any atom is -0.383 e. The van der Waals surface area contributed by atoms with Crippen molar-refractivity contribution in [2.24, 2.45) is 0 Å². The van der Waals surface area contributed by atoms with Gasteiger partial charge in [0.25, 0.3) is 0 Å². The predicted octanol–water partition coefficient (Wildman–Crippen LogP) is 0.437. The molecule has 0 aliphatic heterocycles. The Morgan fingerprint density at radius 1 is 1.50 bits per heavy atom. The summed E-state index contributed by atoms with van der Waals surface area (Å²) in [5.41, 5.74) is 0.844. The Kier molecular flexibility index (Phi) is 5.80. The first-order chi connectivity index (χ1) is 8.49. The Morgan fingerprint density at radius 2 is 2.22 bits per heavy atom. The predicted molar refractivity (Wildman–Crippen MR) is 69.8 cm³/mol. The maximum absolute atomic E-state index is 12.0. The average molecular weight is 275 g/mol. The van der Waals surface area contributed by atoms with Gasteiger partial charge in [-0.15, -0.1) is 0 Å². The molecule has 1 rings (SSSR count). The van der Waals surface area contributed by atoms with Crippen LogP contribution in [-0.4, -0.2) is 39.7 Å². The van der Waals surface area contributed by atoms with E-state index in [0.717, 1.165) is 12.2 Å². The van der Waals surface area contributed by atoms with Crippen LogP contribution in [0.15, 0.2) is 17.2 Å². The summed E-state index contributed by atoms with van der Waals surface area (Å²) in [4.78, 5) is 3.19. The number of hydrogen-bond donors (Lipinski definition) is 3. The second kappa shape index (κ2) is 6.89. The topological polar surface area (TPSA) is 83.2 Å². The van der Waals surface area contributed by atoms with Crippen LogP contribution in [0, 0.1) is 0 Å². The molecule has 0 saturated heterocycles. The molecule has 104 valence electrons. The van der Waals surface area contributed by atoms with Gasteiger partial charge in [0.15, 0.2) is 0 Å². The van der Waals surface area contributed by atoms with E-state index in [-0.39, 0.29) is 10.9 Å². The van der Waals surface area contributed by atoms with Gasteiger partial charge < -0.3 is 15.0 Å². The summed E-state index contributed by atoms with van der Waals surface area (Å²) in [6.07, 6.45) is 1.49. The van der Waals surface area contributed by atoms with Crippen molar-refractivity contribution in [3.63, 3.8) is 0 Å². The van der Waals surface area contributed by atoms with Crippen LogP contribution in [0.25, 0.3) is 0 Å². The van der Waals surface area contributed by atoms with E-state index in [4.69, 9.17) is 4.74 Å². The van der Waals surface area contributed by atoms with Gasteiger partial charge in [0.05, 0.1) is 11.5 Å². The molecular formula is C11H21N3O3S. The third kappa shape index (κ3) is 4.41. The van der Waals surface area contributed by atoms with Crippen molar-refractivity contribution >= 4 is 10.0 Å². The number of H-pyrrole nitrogens is 1. The number of sulfonamides is 1. The molecule has 0 bridgehead atoms. The monoisotopic (exact) mass is 275 g/mol. The molecule has 1 aromatic rings. The lowest BCUT2D eigenvalue weighted by Crippen LogP contribution is -2.35. The van der Waals surface area contributed by atoms with E-state index < -0.39 is 10.0 Å². The molecule has 1 unspecified atom stereocenters. The molecule has 0 amide bonds. The van der Waals surface area contributed by atoms with Gasteiger partial charge in [0, 0.05) is 31.6 Å². The largest absolute Gasteiger partial charge is 0.383 e. The molecule has 1 heterocycles. The molecule has 3 N–H and O–H groups in total. The third-order valence-electron chi connectivity index (χ3n) is 2.37. The second-order valence-electron chi connectivity index (χ2n) is 4.12. The van der Waals surface area contributed by atoms with Crippen molar-refractivity contribution in [2.45, 2.75) is 31.3 Å². The molecule has 0 saturated carbocycles. The summed E-state index contributed by atoms with van der Waals surface area (Å²) in [5.74, 6) is 0. The maximum atomic E-state index is 12.0. The molecule has 0 radical (unpaired) electrons. The Bertz CT molecular complexity index is 456. The fraction of sp³-hybridized carbons (Fsp3) is 0.636. The lowest BCUT2D eigenvalue weighted by atomic mass is 10.4. The minimum atomic E-state index is -3.47. The Labute approximate surface area is 108 Å². The Morgan fingerprint density at radius 3 is 2.83 bits per heavy atom. The van der Waals surface area contributed by atoms with Crippen molar-refractivity contribution < 1.29 is 13.2 Å². The van der Waals surface area contributed by atoms with Crippen LogP contribution in [0.1, 0.15) is 19.5 Å². The zero-order valence-corrected chi connectivity index (χ0v) is 11.8. The molecule has 7 heteroatoms. The van der Waals surface area contributed by atoms with Crippen molar-refractivity contribution in [1.29, 1.82) is 0 Å². The first-order valence-electron chi connectivity index (χ1n) is 5.89. The smallest absolute Gasteiger partial charge is 0.242 e. The number of aromatic nitrogens is 1. The van der Waals surface area contributed by atoms with Crippen molar-refractivity contribution in [3.05, 3.63) is 18.0 Å². The Hall–Kier alpha value is -0.890. The van der Waals surface area contributed by atoms with Gasteiger partial charge >= 0.3 is 0 Å². The van der Waals surface area contributed by atoms with Gasteiger partial charge in [0.2, 0.25) is 10.0 Å². The van der Waals surface area contributed by atoms with Gasteiger partial charge in [-0.05, 0) is 19.5 Å². The van der Waals surface area contributed by atoms with E-state index in [1.807, 2.05) is 6.92 Å². The second-order valence-corrected chi connectivity index (χ2v) is 5.83. The quantitative estimate of drug-likeness (QED) is 0.643. The molecule has 0 aromatic carbocycles. The van der Waals surface area contributed by atoms with E-state index in [2.05, 4.69) is 15.0 Å². The van der Waals surface area contributed by atoms with Crippen LogP contribution in [0.4, 0.5) is 0 Å². The molecule has 18 heavy (non-hydrogen) atoms. The Balaban J connectivity index is 2.69. The highest BCUT2D eigenvalue weighted by atomic mass is 32.2. The van der Waals surface area contributed by atoms with Crippen molar-refractivity contribution in [1.82, 2.24) is 15.0 Å². The van der Waals surface area contributed by atoms with Gasteiger partial charge in [-0.25, -0.2) is 13.1 Å². The highest BCUT2D eigenvalue weighted by Crippen LogP contribution is 2.11. The van der Waals surface area contributed by atoms with Crippen molar-refractivity contribution in [2.75, 3.05) is 20.3 Å². The highest BCUT2D eigenvalue weighted by molar-refractivity contribution is 7.89. The van der Waals surface area contributed by atoms with Crippen LogP contribution < -0.4 is 10.0 Å². The third-order valence-corrected chi connectivity index (χ3v) is 3.93. The van der Waals surface area contributed by atoms with Gasteiger partial charge in [0.1, 0.15) is 0 Å². The lowest BCUT2D eigenvalue weighted by Gasteiger charge is -2.11. The molecule has 0 fully saturated rings. The fourth-order valence-electron chi connectivity index (χ4n) is 1.55. The molecule has 0 aliphatic rings. The first-order valence-corrected chi connectivity index (χ1v) is 7.37. The van der Waals surface area contributed by atoms with E-state index >= 15 is 0 Å². The number of rotatable bonds is 8. The molecule has 6 nitrogen and oxygen atoms in total. The average Bonchev–Trinajstić information content (AvgIpc) is 2.75. The summed E-state index contributed by atoms with van der Waals surface area (Å²) in [6.45, 7) is 5.56. The van der Waals surface area contributed by atoms with E-state index in [9.17, 15) is 8.42 Å². The zero-order chi connectivity index (χ0) is 13.6. The van der Waals surface area contributed by atoms with Crippen LogP contribution in [-0.2, 0) is 21.3 Å². The van der Waals surface area contributed by atoms with Gasteiger partial charge in [-0.3, -0.25) is 0 Å². The molecule has 0 aliphatic carbocycles. The summed E-state index contributed by atoms with van der Waals surface area (Å²) in [6, 6.07) is 1.37. The molecule has 1 atom stereocenters. The lowest BCUT2D eigenvalue weighted by molar-refractivity contribution is 0.180. The first kappa shape index (κ1) is 15.2. The SMILES string of the molecule is CCNCc1cc(S(=O)(=O)NC(C)COC)c[nH]1. The normalized spacial score (nSPS) is 13.7. The fourth-order valence-corrected chi connectivity index (χ4v) is 2.80. The molecule has 1 aromatic heterocycles. The standard InChI is InChI=1S/C11H21N3O3S/c1-4-12-6-10-5-11(7-13-10)18(15,16)14-9(2)8-17-3/h5,7,9,12-14H,4,6,8H2,1-3H3. The van der Waals surface area contributed by atoms with Gasteiger partial charge in [-0.1, -0.05) is 6.92 Å². The highest BCUT2D eigenvalue weighted by Gasteiger charge is 2.18. The van der Waals surface area contributed by atoms with E-state index in [1.165, 1.54) is 13.3 Å². The number of nitrogens with one attached hydrogen (secondary N) is 3. The number of ether oxygens (including phenoxy) is 1. The maximum Gasteiger partial charge on any atom is 0.242 e.